The van der Waals surface area contributed by atoms with Crippen molar-refractivity contribution in [1.82, 2.24) is 0 Å². The average molecular weight is 313 g/mol. The molecule has 1 unspecified atom stereocenters. The van der Waals surface area contributed by atoms with Crippen molar-refractivity contribution in [3.63, 3.8) is 0 Å². The van der Waals surface area contributed by atoms with Crippen LogP contribution in [0.4, 0.5) is 0 Å². The molecular weight excluding hydrogens is 288 g/mol. The molecule has 21 heavy (non-hydrogen) atoms. The van der Waals surface area contributed by atoms with Crippen LogP contribution in [0.2, 0.25) is 0 Å². The van der Waals surface area contributed by atoms with E-state index in [1.54, 1.807) is 7.11 Å². The average Bonchev–Trinajstić information content (AvgIpc) is 2.47. The third-order valence-electron chi connectivity index (χ3n) is 3.73. The van der Waals surface area contributed by atoms with Gasteiger partial charge in [-0.15, -0.1) is 11.6 Å². The molecule has 1 aromatic rings. The normalized spacial score (nSPS) is 12.3. The molecule has 4 heteroatoms. The summed E-state index contributed by atoms with van der Waals surface area (Å²) < 4.78 is 10.4. The highest BCUT2D eigenvalue weighted by Crippen LogP contribution is 2.34. The maximum Gasteiger partial charge on any atom is 0.313 e. The molecule has 0 fully saturated rings. The summed E-state index contributed by atoms with van der Waals surface area (Å²) in [5.74, 6) is 1.26. The largest absolute Gasteiger partial charge is 0.496 e. The smallest absolute Gasteiger partial charge is 0.313 e. The number of alkyl halides is 1. The van der Waals surface area contributed by atoms with Crippen LogP contribution in [0.5, 0.6) is 5.75 Å². The highest BCUT2D eigenvalue weighted by Gasteiger charge is 2.24. The fourth-order valence-electron chi connectivity index (χ4n) is 2.54. The number of hydrogen-bond donors (Lipinski definition) is 0. The van der Waals surface area contributed by atoms with Crippen molar-refractivity contribution in [2.75, 3.05) is 20.1 Å². The van der Waals surface area contributed by atoms with E-state index >= 15 is 0 Å². The second-order valence-corrected chi connectivity index (χ2v) is 5.89. The van der Waals surface area contributed by atoms with E-state index < -0.39 is 0 Å². The summed E-state index contributed by atoms with van der Waals surface area (Å²) >= 11 is 5.78. The van der Waals surface area contributed by atoms with E-state index in [9.17, 15) is 4.79 Å². The monoisotopic (exact) mass is 312 g/mol. The molecule has 1 rings (SSSR count). The van der Waals surface area contributed by atoms with E-state index in [1.807, 2.05) is 13.0 Å². The van der Waals surface area contributed by atoms with Gasteiger partial charge in [-0.1, -0.05) is 19.9 Å². The molecular formula is C17H25ClO3. The first kappa shape index (κ1) is 17.8. The molecule has 0 saturated heterocycles. The van der Waals surface area contributed by atoms with Gasteiger partial charge in [-0.2, -0.15) is 0 Å². The van der Waals surface area contributed by atoms with Gasteiger partial charge in [0.25, 0.3) is 0 Å². The van der Waals surface area contributed by atoms with E-state index in [4.69, 9.17) is 21.1 Å². The van der Waals surface area contributed by atoms with Crippen LogP contribution in [0.3, 0.4) is 0 Å². The molecule has 118 valence electrons. The van der Waals surface area contributed by atoms with Crippen molar-refractivity contribution in [3.05, 3.63) is 28.8 Å². The van der Waals surface area contributed by atoms with Crippen LogP contribution in [0, 0.1) is 6.92 Å². The zero-order valence-electron chi connectivity index (χ0n) is 13.5. The molecule has 0 aliphatic carbocycles. The highest BCUT2D eigenvalue weighted by molar-refractivity contribution is 6.17. The van der Waals surface area contributed by atoms with E-state index in [1.165, 1.54) is 7.11 Å². The van der Waals surface area contributed by atoms with E-state index in [2.05, 4.69) is 19.9 Å². The Kier molecular flexibility index (Phi) is 7.03. The third-order valence-corrected chi connectivity index (χ3v) is 4.00. The van der Waals surface area contributed by atoms with Gasteiger partial charge in [0.15, 0.2) is 0 Å². The van der Waals surface area contributed by atoms with E-state index in [0.29, 0.717) is 18.2 Å². The van der Waals surface area contributed by atoms with Crippen molar-refractivity contribution < 1.29 is 14.3 Å². The standard InChI is InChI=1S/C17H25ClO3/c1-11(2)14-10-15(12(3)9-16(14)20-4)13(7-6-8-18)17(19)21-5/h9-11,13H,6-8H2,1-5H3. The molecule has 0 aliphatic rings. The maximum absolute atomic E-state index is 12.1. The first-order valence-corrected chi connectivity index (χ1v) is 7.81. The predicted molar refractivity (Wildman–Crippen MR) is 86.5 cm³/mol. The van der Waals surface area contributed by atoms with Crippen LogP contribution in [0.25, 0.3) is 0 Å². The lowest BCUT2D eigenvalue weighted by Crippen LogP contribution is -2.16. The SMILES string of the molecule is COC(=O)C(CCCCl)c1cc(C(C)C)c(OC)cc1C. The molecule has 0 radical (unpaired) electrons. The molecule has 0 bridgehead atoms. The van der Waals surface area contributed by atoms with Crippen LogP contribution in [0.15, 0.2) is 12.1 Å². The Morgan fingerprint density at radius 2 is 1.90 bits per heavy atom. The van der Waals surface area contributed by atoms with Gasteiger partial charge in [0.1, 0.15) is 5.75 Å². The molecule has 3 nitrogen and oxygen atoms in total. The topological polar surface area (TPSA) is 35.5 Å². The van der Waals surface area contributed by atoms with Crippen molar-refractivity contribution in [1.29, 1.82) is 0 Å². The van der Waals surface area contributed by atoms with Crippen LogP contribution in [-0.2, 0) is 9.53 Å². The van der Waals surface area contributed by atoms with Crippen molar-refractivity contribution in [3.8, 4) is 5.75 Å². The third kappa shape index (κ3) is 4.37. The molecule has 0 aliphatic heterocycles. The maximum atomic E-state index is 12.1. The number of aryl methyl sites for hydroxylation is 1. The van der Waals surface area contributed by atoms with E-state index in [-0.39, 0.29) is 11.9 Å². The lowest BCUT2D eigenvalue weighted by molar-refractivity contribution is -0.142. The Labute approximate surface area is 132 Å². The van der Waals surface area contributed by atoms with Crippen LogP contribution in [-0.4, -0.2) is 26.1 Å². The Hall–Kier alpha value is -1.22. The summed E-state index contributed by atoms with van der Waals surface area (Å²) in [5, 5.41) is 0. The van der Waals surface area contributed by atoms with Crippen molar-refractivity contribution in [2.24, 2.45) is 0 Å². The van der Waals surface area contributed by atoms with Gasteiger partial charge in [-0.25, -0.2) is 0 Å². The Morgan fingerprint density at radius 1 is 1.24 bits per heavy atom. The van der Waals surface area contributed by atoms with Gasteiger partial charge in [-0.3, -0.25) is 4.79 Å². The number of halogens is 1. The minimum atomic E-state index is -0.267. The fourth-order valence-corrected chi connectivity index (χ4v) is 2.70. The summed E-state index contributed by atoms with van der Waals surface area (Å²) in [6.07, 6.45) is 1.48. The predicted octanol–water partition coefficient (Wildman–Crippen LogP) is 4.40. The molecule has 0 N–H and O–H groups in total. The quantitative estimate of drug-likeness (QED) is 0.553. The van der Waals surface area contributed by atoms with E-state index in [0.717, 1.165) is 28.9 Å². The van der Waals surface area contributed by atoms with Gasteiger partial charge in [0.05, 0.1) is 20.1 Å². The summed E-state index contributed by atoms with van der Waals surface area (Å²) in [6.45, 7) is 6.23. The van der Waals surface area contributed by atoms with Gasteiger partial charge in [0.2, 0.25) is 0 Å². The molecule has 1 atom stereocenters. The zero-order chi connectivity index (χ0) is 16.0. The van der Waals surface area contributed by atoms with Crippen LogP contribution < -0.4 is 4.74 Å². The van der Waals surface area contributed by atoms with Crippen molar-refractivity contribution >= 4 is 17.6 Å². The first-order chi connectivity index (χ1) is 9.96. The second-order valence-electron chi connectivity index (χ2n) is 5.51. The minimum Gasteiger partial charge on any atom is -0.496 e. The Morgan fingerprint density at radius 3 is 2.38 bits per heavy atom. The summed E-state index contributed by atoms with van der Waals surface area (Å²) in [6, 6.07) is 4.08. The lowest BCUT2D eigenvalue weighted by Gasteiger charge is -2.21. The molecule has 0 saturated carbocycles. The molecule has 0 spiro atoms. The number of rotatable bonds is 7. The summed E-state index contributed by atoms with van der Waals surface area (Å²) in [7, 11) is 3.10. The number of methoxy groups -OCH3 is 2. The molecule has 0 heterocycles. The number of hydrogen-bond acceptors (Lipinski definition) is 3. The second kappa shape index (κ2) is 8.28. The Balaban J connectivity index is 3.29. The minimum absolute atomic E-state index is 0.205. The summed E-state index contributed by atoms with van der Waals surface area (Å²) in [4.78, 5) is 12.1. The van der Waals surface area contributed by atoms with Gasteiger partial charge in [0, 0.05) is 5.88 Å². The number of ether oxygens (including phenoxy) is 2. The van der Waals surface area contributed by atoms with Gasteiger partial charge >= 0.3 is 5.97 Å². The van der Waals surface area contributed by atoms with Crippen molar-refractivity contribution in [2.45, 2.75) is 45.4 Å². The highest BCUT2D eigenvalue weighted by atomic mass is 35.5. The molecule has 1 aromatic carbocycles. The molecule has 0 amide bonds. The number of esters is 1. The van der Waals surface area contributed by atoms with Gasteiger partial charge in [-0.05, 0) is 48.4 Å². The first-order valence-electron chi connectivity index (χ1n) is 7.28. The number of benzene rings is 1. The zero-order valence-corrected chi connectivity index (χ0v) is 14.3. The number of carbonyl (C=O) groups excluding carboxylic acids is 1. The van der Waals surface area contributed by atoms with Gasteiger partial charge < -0.3 is 9.47 Å². The Bertz CT molecular complexity index is 483. The lowest BCUT2D eigenvalue weighted by atomic mass is 9.87. The molecule has 0 aromatic heterocycles. The summed E-state index contributed by atoms with van der Waals surface area (Å²) in [5.41, 5.74) is 3.16. The van der Waals surface area contributed by atoms with Crippen LogP contribution in [0.1, 0.15) is 55.2 Å². The van der Waals surface area contributed by atoms with Crippen LogP contribution >= 0.6 is 11.6 Å². The fraction of sp³-hybridized carbons (Fsp3) is 0.588. The number of carbonyl (C=O) groups is 1.